The lowest BCUT2D eigenvalue weighted by molar-refractivity contribution is -0.00704. The third kappa shape index (κ3) is 2.90. The summed E-state index contributed by atoms with van der Waals surface area (Å²) in [5, 5.41) is 3.28. The average molecular weight is 362 g/mol. The molecule has 1 atom stereocenters. The Morgan fingerprint density at radius 1 is 1.11 bits per heavy atom. The van der Waals surface area contributed by atoms with Gasteiger partial charge in [-0.25, -0.2) is 9.18 Å². The lowest BCUT2D eigenvalue weighted by Gasteiger charge is -2.31. The van der Waals surface area contributed by atoms with E-state index < -0.39 is 17.5 Å². The molecule has 2 heterocycles. The van der Waals surface area contributed by atoms with Crippen LogP contribution >= 0.6 is 0 Å². The number of aromatic nitrogens is 1. The van der Waals surface area contributed by atoms with Gasteiger partial charge < -0.3 is 4.74 Å². The molecule has 0 saturated carbocycles. The van der Waals surface area contributed by atoms with E-state index in [-0.39, 0.29) is 11.1 Å². The molecular weight excluding hydrogens is 343 g/mol. The van der Waals surface area contributed by atoms with Crippen LogP contribution in [0, 0.1) is 19.7 Å². The number of carbonyl (C=O) groups is 1. The van der Waals surface area contributed by atoms with Gasteiger partial charge in [0.2, 0.25) is 5.72 Å². The number of esters is 1. The van der Waals surface area contributed by atoms with Crippen molar-refractivity contribution < 1.29 is 13.9 Å². The number of carbonyl (C=O) groups excluding carboxylic acids is 1. The first-order valence-corrected chi connectivity index (χ1v) is 8.75. The highest BCUT2D eigenvalue weighted by Crippen LogP contribution is 2.42. The van der Waals surface area contributed by atoms with E-state index in [9.17, 15) is 9.18 Å². The van der Waals surface area contributed by atoms with Gasteiger partial charge in [-0.1, -0.05) is 30.3 Å². The first-order valence-electron chi connectivity index (χ1n) is 8.75. The van der Waals surface area contributed by atoms with E-state index in [1.54, 1.807) is 18.5 Å². The molecule has 5 heteroatoms. The Labute approximate surface area is 157 Å². The maximum atomic E-state index is 14.9. The van der Waals surface area contributed by atoms with Crippen LogP contribution < -0.4 is 5.32 Å². The molecule has 0 bridgehead atoms. The molecule has 27 heavy (non-hydrogen) atoms. The van der Waals surface area contributed by atoms with Gasteiger partial charge in [-0.2, -0.15) is 0 Å². The zero-order valence-electron chi connectivity index (χ0n) is 15.1. The monoisotopic (exact) mass is 362 g/mol. The van der Waals surface area contributed by atoms with Gasteiger partial charge in [0.1, 0.15) is 5.82 Å². The Balaban J connectivity index is 1.87. The minimum absolute atomic E-state index is 0.224. The number of pyridine rings is 1. The molecule has 0 saturated heterocycles. The first kappa shape index (κ1) is 17.4. The summed E-state index contributed by atoms with van der Waals surface area (Å²) in [7, 11) is 0. The Hall–Kier alpha value is -3.05. The number of cyclic esters (lactones) is 1. The van der Waals surface area contributed by atoms with Crippen LogP contribution in [-0.4, -0.2) is 11.0 Å². The number of nitrogens with one attached hydrogen (secondary N) is 1. The second kappa shape index (κ2) is 6.59. The number of hydrogen-bond acceptors (Lipinski definition) is 4. The van der Waals surface area contributed by atoms with Crippen LogP contribution in [0.2, 0.25) is 0 Å². The molecular formula is C22H19FN2O2. The molecule has 1 unspecified atom stereocenters. The SMILES string of the molecule is Cc1ccc(C2(NCc3cccnc3)OC(=O)c3cccc(F)c32)cc1C. The number of aryl methyl sites for hydroxylation is 2. The molecule has 0 radical (unpaired) electrons. The van der Waals surface area contributed by atoms with Crippen LogP contribution in [0.3, 0.4) is 0 Å². The highest BCUT2D eigenvalue weighted by atomic mass is 19.1. The van der Waals surface area contributed by atoms with Gasteiger partial charge in [-0.3, -0.25) is 10.3 Å². The first-order chi connectivity index (χ1) is 13.0. The van der Waals surface area contributed by atoms with E-state index in [0.29, 0.717) is 12.1 Å². The van der Waals surface area contributed by atoms with E-state index in [2.05, 4.69) is 10.3 Å². The van der Waals surface area contributed by atoms with E-state index in [4.69, 9.17) is 4.74 Å². The number of nitrogens with zero attached hydrogens (tertiary/aromatic N) is 1. The fourth-order valence-corrected chi connectivity index (χ4v) is 3.42. The number of halogens is 1. The normalized spacial score (nSPS) is 18.3. The summed E-state index contributed by atoms with van der Waals surface area (Å²) in [6.07, 6.45) is 3.41. The molecule has 1 N–H and O–H groups in total. The molecule has 0 fully saturated rings. The van der Waals surface area contributed by atoms with Crippen molar-refractivity contribution >= 4 is 5.97 Å². The fraction of sp³-hybridized carbons (Fsp3) is 0.182. The van der Waals surface area contributed by atoms with Crippen LogP contribution in [-0.2, 0) is 17.0 Å². The van der Waals surface area contributed by atoms with Gasteiger partial charge in [0.05, 0.1) is 11.1 Å². The molecule has 2 aromatic carbocycles. The molecule has 3 aromatic rings. The van der Waals surface area contributed by atoms with Gasteiger partial charge in [-0.05, 0) is 48.7 Å². The van der Waals surface area contributed by atoms with Gasteiger partial charge >= 0.3 is 5.97 Å². The van der Waals surface area contributed by atoms with Crippen molar-refractivity contribution in [2.75, 3.05) is 0 Å². The summed E-state index contributed by atoms with van der Waals surface area (Å²) >= 11 is 0. The number of fused-ring (bicyclic) bond motifs is 1. The summed E-state index contributed by atoms with van der Waals surface area (Å²) in [5.41, 5.74) is 2.82. The van der Waals surface area contributed by atoms with Crippen LogP contribution in [0.5, 0.6) is 0 Å². The number of benzene rings is 2. The van der Waals surface area contributed by atoms with Crippen molar-refractivity contribution in [2.45, 2.75) is 26.1 Å². The zero-order chi connectivity index (χ0) is 19.0. The van der Waals surface area contributed by atoms with Crippen molar-refractivity contribution in [3.8, 4) is 0 Å². The quantitative estimate of drug-likeness (QED) is 0.713. The second-order valence-corrected chi connectivity index (χ2v) is 6.75. The third-order valence-corrected chi connectivity index (χ3v) is 5.01. The molecule has 1 aliphatic rings. The fourth-order valence-electron chi connectivity index (χ4n) is 3.42. The van der Waals surface area contributed by atoms with Gasteiger partial charge in [0.25, 0.3) is 0 Å². The molecule has 4 nitrogen and oxygen atoms in total. The summed E-state index contributed by atoms with van der Waals surface area (Å²) in [4.78, 5) is 16.6. The van der Waals surface area contributed by atoms with E-state index in [1.807, 2.05) is 44.2 Å². The third-order valence-electron chi connectivity index (χ3n) is 5.01. The van der Waals surface area contributed by atoms with Crippen LogP contribution in [0.25, 0.3) is 0 Å². The Morgan fingerprint density at radius 2 is 1.96 bits per heavy atom. The Morgan fingerprint density at radius 3 is 2.70 bits per heavy atom. The van der Waals surface area contributed by atoms with Crippen LogP contribution in [0.15, 0.2) is 60.9 Å². The molecule has 0 spiro atoms. The van der Waals surface area contributed by atoms with E-state index in [1.165, 1.54) is 12.1 Å². The van der Waals surface area contributed by atoms with Crippen molar-refractivity contribution in [1.29, 1.82) is 0 Å². The number of ether oxygens (including phenoxy) is 1. The summed E-state index contributed by atoms with van der Waals surface area (Å²) < 4.78 is 20.7. The average Bonchev–Trinajstić information content (AvgIpc) is 2.97. The molecule has 0 aliphatic carbocycles. The van der Waals surface area contributed by atoms with Crippen molar-refractivity contribution in [2.24, 2.45) is 0 Å². The highest BCUT2D eigenvalue weighted by molar-refractivity contribution is 5.95. The van der Waals surface area contributed by atoms with Crippen LogP contribution in [0.1, 0.15) is 38.2 Å². The molecule has 0 amide bonds. The van der Waals surface area contributed by atoms with Gasteiger partial charge in [-0.15, -0.1) is 0 Å². The zero-order valence-corrected chi connectivity index (χ0v) is 15.1. The Kier molecular flexibility index (Phi) is 4.24. The topological polar surface area (TPSA) is 51.2 Å². The largest absolute Gasteiger partial charge is 0.431 e. The predicted octanol–water partition coefficient (Wildman–Crippen LogP) is 4.00. The van der Waals surface area contributed by atoms with Crippen LogP contribution in [0.4, 0.5) is 4.39 Å². The van der Waals surface area contributed by atoms with Crippen molar-refractivity contribution in [3.05, 3.63) is 100 Å². The van der Waals surface area contributed by atoms with Gasteiger partial charge in [0, 0.05) is 24.5 Å². The summed E-state index contributed by atoms with van der Waals surface area (Å²) in [6.45, 7) is 4.35. The van der Waals surface area contributed by atoms with Crippen molar-refractivity contribution in [1.82, 2.24) is 10.3 Å². The minimum Gasteiger partial charge on any atom is -0.431 e. The standard InChI is InChI=1S/C22H19FN2O2/c1-14-8-9-17(11-15(14)2)22(25-13-16-5-4-10-24-12-16)20-18(21(26)27-22)6-3-7-19(20)23/h3-12,25H,13H2,1-2H3. The maximum Gasteiger partial charge on any atom is 0.341 e. The second-order valence-electron chi connectivity index (χ2n) is 6.75. The lowest BCUT2D eigenvalue weighted by atomic mass is 9.90. The highest BCUT2D eigenvalue weighted by Gasteiger charge is 2.49. The summed E-state index contributed by atoms with van der Waals surface area (Å²) in [6, 6.07) is 13.9. The minimum atomic E-state index is -1.38. The molecule has 136 valence electrons. The van der Waals surface area contributed by atoms with Crippen molar-refractivity contribution in [3.63, 3.8) is 0 Å². The van der Waals surface area contributed by atoms with E-state index >= 15 is 0 Å². The lowest BCUT2D eigenvalue weighted by Crippen LogP contribution is -2.44. The smallest absolute Gasteiger partial charge is 0.341 e. The molecule has 1 aromatic heterocycles. The summed E-state index contributed by atoms with van der Waals surface area (Å²) in [5.74, 6) is -1.02. The van der Waals surface area contributed by atoms with E-state index in [0.717, 1.165) is 16.7 Å². The molecule has 1 aliphatic heterocycles. The Bertz CT molecular complexity index is 1020. The van der Waals surface area contributed by atoms with Gasteiger partial charge in [0.15, 0.2) is 0 Å². The molecule has 4 rings (SSSR count). The number of rotatable bonds is 4. The number of hydrogen-bond donors (Lipinski definition) is 1. The maximum absolute atomic E-state index is 14.9. The predicted molar refractivity (Wildman–Crippen MR) is 99.6 cm³/mol.